The molecule has 0 amide bonds. The van der Waals surface area contributed by atoms with Crippen LogP contribution in [0.4, 0.5) is 0 Å². The summed E-state index contributed by atoms with van der Waals surface area (Å²) in [6, 6.07) is 14.1. The Balaban J connectivity index is 1.90. The number of carbonyl (C=O) groups is 2. The fraction of sp³-hybridized carbons (Fsp3) is 0.280. The number of hydrogen-bond acceptors (Lipinski definition) is 4. The quantitative estimate of drug-likeness (QED) is 0.519. The van der Waals surface area contributed by atoms with E-state index in [0.29, 0.717) is 30.7 Å². The van der Waals surface area contributed by atoms with Gasteiger partial charge in [0.1, 0.15) is 5.82 Å². The largest absolute Gasteiger partial charge is 0.478 e. The summed E-state index contributed by atoms with van der Waals surface area (Å²) in [7, 11) is 0. The molecule has 0 saturated heterocycles. The van der Waals surface area contributed by atoms with E-state index in [1.807, 2.05) is 31.2 Å². The van der Waals surface area contributed by atoms with Crippen molar-refractivity contribution in [2.45, 2.75) is 45.6 Å². The lowest BCUT2D eigenvalue weighted by molar-refractivity contribution is 0.0697. The predicted molar refractivity (Wildman–Crippen MR) is 122 cm³/mol. The number of carboxylic acids is 1. The molecule has 1 heterocycles. The van der Waals surface area contributed by atoms with Gasteiger partial charge in [0.25, 0.3) is 5.91 Å². The summed E-state index contributed by atoms with van der Waals surface area (Å²) in [5.74, 6) is 1.70. The fourth-order valence-electron chi connectivity index (χ4n) is 3.45. The van der Waals surface area contributed by atoms with Crippen LogP contribution in [-0.2, 0) is 13.0 Å². The Kier molecular flexibility index (Phi) is 7.40. The molecule has 0 aliphatic rings. The summed E-state index contributed by atoms with van der Waals surface area (Å²) in [5.41, 5.74) is 1.95. The second-order valence-corrected chi connectivity index (χ2v) is 7.45. The molecule has 0 aliphatic heterocycles. The van der Waals surface area contributed by atoms with E-state index in [4.69, 9.17) is 6.42 Å². The number of hydrogen-bond donors (Lipinski definition) is 1. The molecule has 0 radical (unpaired) electrons. The van der Waals surface area contributed by atoms with Crippen LogP contribution in [0.2, 0.25) is 0 Å². The lowest BCUT2D eigenvalue weighted by atomic mass is 9.99. The minimum atomic E-state index is -0.991. The van der Waals surface area contributed by atoms with E-state index in [9.17, 15) is 19.5 Å². The van der Waals surface area contributed by atoms with Crippen LogP contribution in [0.15, 0.2) is 53.3 Å². The molecule has 1 N–H and O–H groups in total. The van der Waals surface area contributed by atoms with Gasteiger partial charge in [-0.25, -0.2) is 9.59 Å². The van der Waals surface area contributed by atoms with Crippen molar-refractivity contribution in [1.29, 1.82) is 0 Å². The molecule has 7 nitrogen and oxygen atoms in total. The zero-order valence-electron chi connectivity index (χ0n) is 18.0. The highest BCUT2D eigenvalue weighted by Gasteiger charge is 2.18. The van der Waals surface area contributed by atoms with Gasteiger partial charge in [-0.2, -0.15) is 0 Å². The molecule has 0 spiro atoms. The number of aryl methyl sites for hydroxylation is 1. The number of unbranched alkanes of at least 4 members (excludes halogenated alkanes) is 1. The van der Waals surface area contributed by atoms with Crippen molar-refractivity contribution in [3.05, 3.63) is 76.0 Å². The monoisotopic (exact) mass is 431 g/mol. The zero-order chi connectivity index (χ0) is 23.1. The number of rotatable bonds is 9. The van der Waals surface area contributed by atoms with Gasteiger partial charge in [0.2, 0.25) is 0 Å². The van der Waals surface area contributed by atoms with Crippen LogP contribution >= 0.6 is 0 Å². The van der Waals surface area contributed by atoms with Crippen LogP contribution < -0.4 is 5.69 Å². The van der Waals surface area contributed by atoms with Gasteiger partial charge < -0.3 is 5.11 Å². The summed E-state index contributed by atoms with van der Waals surface area (Å²) >= 11 is 0. The van der Waals surface area contributed by atoms with Crippen molar-refractivity contribution in [2.24, 2.45) is 0 Å². The second kappa shape index (κ2) is 10.4. The van der Waals surface area contributed by atoms with Gasteiger partial charge in [0.15, 0.2) is 0 Å². The first-order valence-corrected chi connectivity index (χ1v) is 10.5. The molecule has 0 aliphatic carbocycles. The Labute approximate surface area is 186 Å². The van der Waals surface area contributed by atoms with Crippen molar-refractivity contribution < 1.29 is 14.7 Å². The maximum Gasteiger partial charge on any atom is 0.353 e. The molecule has 0 fully saturated rings. The average Bonchev–Trinajstić information content (AvgIpc) is 3.11. The lowest BCUT2D eigenvalue weighted by Gasteiger charge is -2.09. The molecule has 3 rings (SSSR count). The molecule has 32 heavy (non-hydrogen) atoms. The number of terminal acetylenes is 1. The molecule has 0 atom stereocenters. The molecule has 0 saturated carbocycles. The highest BCUT2D eigenvalue weighted by molar-refractivity contribution is 5.96. The summed E-state index contributed by atoms with van der Waals surface area (Å²) in [5, 5.41) is 13.7. The van der Waals surface area contributed by atoms with Gasteiger partial charge in [-0.15, -0.1) is 22.1 Å². The van der Waals surface area contributed by atoms with E-state index in [1.165, 1.54) is 4.57 Å². The Bertz CT molecular complexity index is 1210. The minimum absolute atomic E-state index is 0.222. The number of carbonyl (C=O) groups excluding carboxylic acids is 1. The molecule has 0 unspecified atom stereocenters. The standard InChI is InChI=1S/C25H25N3O4/c1-3-5-11-22-26-28(23(29)12-6-4-2)25(32)27(22)17-18-13-15-19(16-14-18)20-9-7-8-10-21(20)24(30)31/h1,7-10,13-16H,4-6,11-12,17H2,2H3,(H,30,31). The molecule has 2 aromatic carbocycles. The van der Waals surface area contributed by atoms with Crippen molar-refractivity contribution in [2.75, 3.05) is 0 Å². The van der Waals surface area contributed by atoms with Gasteiger partial charge in [0.05, 0.1) is 12.1 Å². The summed E-state index contributed by atoms with van der Waals surface area (Å²) in [6.07, 6.45) is 7.98. The first-order valence-electron chi connectivity index (χ1n) is 10.5. The number of benzene rings is 2. The van der Waals surface area contributed by atoms with Crippen molar-refractivity contribution in [3.63, 3.8) is 0 Å². The molecule has 7 heteroatoms. The molecular formula is C25H25N3O4. The number of aromatic nitrogens is 3. The van der Waals surface area contributed by atoms with Gasteiger partial charge >= 0.3 is 11.7 Å². The van der Waals surface area contributed by atoms with E-state index in [2.05, 4.69) is 11.0 Å². The Morgan fingerprint density at radius 2 is 1.84 bits per heavy atom. The minimum Gasteiger partial charge on any atom is -0.478 e. The lowest BCUT2D eigenvalue weighted by Crippen LogP contribution is -2.30. The molecule has 0 bridgehead atoms. The van der Waals surface area contributed by atoms with Gasteiger partial charge in [-0.05, 0) is 29.2 Å². The molecule has 164 valence electrons. The SMILES string of the molecule is C#CCCc1nn(C(=O)CCCC)c(=O)n1Cc1ccc(-c2ccccc2C(=O)O)cc1. The average molecular weight is 431 g/mol. The van der Waals surface area contributed by atoms with Crippen molar-refractivity contribution >= 4 is 11.9 Å². The third-order valence-corrected chi connectivity index (χ3v) is 5.18. The zero-order valence-corrected chi connectivity index (χ0v) is 18.0. The van der Waals surface area contributed by atoms with Gasteiger partial charge in [0, 0.05) is 19.3 Å². The summed E-state index contributed by atoms with van der Waals surface area (Å²) < 4.78 is 2.42. The van der Waals surface area contributed by atoms with Crippen LogP contribution in [-0.4, -0.2) is 31.3 Å². The first kappa shape index (κ1) is 22.8. The van der Waals surface area contributed by atoms with Crippen LogP contribution in [0.25, 0.3) is 11.1 Å². The van der Waals surface area contributed by atoms with Crippen molar-refractivity contribution in [1.82, 2.24) is 14.3 Å². The van der Waals surface area contributed by atoms with E-state index >= 15 is 0 Å². The Morgan fingerprint density at radius 1 is 1.12 bits per heavy atom. The predicted octanol–water partition coefficient (Wildman–Crippen LogP) is 3.85. The first-order chi connectivity index (χ1) is 15.5. The Morgan fingerprint density at radius 3 is 2.50 bits per heavy atom. The normalized spacial score (nSPS) is 10.6. The number of nitrogens with zero attached hydrogens (tertiary/aromatic N) is 3. The van der Waals surface area contributed by atoms with E-state index in [-0.39, 0.29) is 24.4 Å². The van der Waals surface area contributed by atoms with Crippen LogP contribution in [0, 0.1) is 12.3 Å². The third-order valence-electron chi connectivity index (χ3n) is 5.18. The molecule has 3 aromatic rings. The van der Waals surface area contributed by atoms with Crippen LogP contribution in [0.1, 0.15) is 59.1 Å². The van der Waals surface area contributed by atoms with E-state index < -0.39 is 11.7 Å². The molecular weight excluding hydrogens is 406 g/mol. The van der Waals surface area contributed by atoms with E-state index in [1.54, 1.807) is 24.3 Å². The third kappa shape index (κ3) is 5.03. The Hall–Kier alpha value is -3.92. The van der Waals surface area contributed by atoms with Gasteiger partial charge in [-0.1, -0.05) is 55.8 Å². The highest BCUT2D eigenvalue weighted by Crippen LogP contribution is 2.24. The fourth-order valence-corrected chi connectivity index (χ4v) is 3.45. The van der Waals surface area contributed by atoms with Crippen molar-refractivity contribution in [3.8, 4) is 23.5 Å². The van der Waals surface area contributed by atoms with Crippen LogP contribution in [0.5, 0.6) is 0 Å². The summed E-state index contributed by atoms with van der Waals surface area (Å²) in [6.45, 7) is 2.21. The summed E-state index contributed by atoms with van der Waals surface area (Å²) in [4.78, 5) is 36.8. The molecule has 1 aromatic heterocycles. The number of aromatic carboxylic acids is 1. The number of carboxylic acid groups (broad SMARTS) is 1. The second-order valence-electron chi connectivity index (χ2n) is 7.45. The van der Waals surface area contributed by atoms with E-state index in [0.717, 1.165) is 22.2 Å². The van der Waals surface area contributed by atoms with Gasteiger partial charge in [-0.3, -0.25) is 9.36 Å². The highest BCUT2D eigenvalue weighted by atomic mass is 16.4. The maximum absolute atomic E-state index is 12.9. The smallest absolute Gasteiger partial charge is 0.353 e. The topological polar surface area (TPSA) is 94.2 Å². The maximum atomic E-state index is 12.9. The van der Waals surface area contributed by atoms with Crippen LogP contribution in [0.3, 0.4) is 0 Å².